The molecule has 2 heterocycles. The Morgan fingerprint density at radius 3 is 1.09 bits per heavy atom. The Morgan fingerprint density at radius 2 is 0.864 bits per heavy atom. The third-order valence-electron chi connectivity index (χ3n) is 6.64. The molecule has 0 atom stereocenters. The molecule has 4 nitrogen and oxygen atoms in total. The first-order valence-electron chi connectivity index (χ1n) is 8.46. The zero-order valence-electron chi connectivity index (χ0n) is 16.5. The number of likely N-dealkylation sites (N-methyl/N-ethyl adjacent to an activating group) is 2. The molecular weight excluding hydrogens is 276 g/mol. The van der Waals surface area contributed by atoms with Crippen LogP contribution in [0, 0.1) is 0 Å². The molecule has 0 unspecified atom stereocenters. The van der Waals surface area contributed by atoms with Crippen molar-refractivity contribution in [2.24, 2.45) is 0 Å². The molecule has 0 bridgehead atoms. The van der Waals surface area contributed by atoms with E-state index in [-0.39, 0.29) is 22.3 Å². The molecular formula is C18H38N2O2. The minimum Gasteiger partial charge on any atom is -0.370 e. The lowest BCUT2D eigenvalue weighted by Gasteiger charge is -2.56. The minimum atomic E-state index is -0.148. The van der Waals surface area contributed by atoms with Gasteiger partial charge in [-0.15, -0.1) is 0 Å². The first kappa shape index (κ1) is 19.9. The molecule has 0 aromatic heterocycles. The average Bonchev–Trinajstić information content (AvgIpc) is 2.38. The normalized spacial score (nSPS) is 30.3. The van der Waals surface area contributed by atoms with Gasteiger partial charge in [0, 0.05) is 24.2 Å². The molecule has 0 amide bonds. The van der Waals surface area contributed by atoms with Gasteiger partial charge in [0.15, 0.2) is 0 Å². The maximum absolute atomic E-state index is 5.56. The highest BCUT2D eigenvalue weighted by Crippen LogP contribution is 2.34. The number of piperazine rings is 1. The van der Waals surface area contributed by atoms with Gasteiger partial charge in [-0.3, -0.25) is 9.80 Å². The van der Waals surface area contributed by atoms with Gasteiger partial charge in [-0.2, -0.15) is 0 Å². The van der Waals surface area contributed by atoms with Gasteiger partial charge < -0.3 is 9.47 Å². The number of rotatable bonds is 0. The van der Waals surface area contributed by atoms with Crippen molar-refractivity contribution >= 4 is 0 Å². The van der Waals surface area contributed by atoms with Crippen LogP contribution in [0.3, 0.4) is 0 Å². The van der Waals surface area contributed by atoms with E-state index >= 15 is 0 Å². The molecule has 2 fully saturated rings. The van der Waals surface area contributed by atoms with Gasteiger partial charge in [0.1, 0.15) is 0 Å². The Bertz CT molecular complexity index is 339. The van der Waals surface area contributed by atoms with Crippen molar-refractivity contribution in [1.29, 1.82) is 0 Å². The molecule has 0 spiro atoms. The van der Waals surface area contributed by atoms with Crippen molar-refractivity contribution < 1.29 is 9.47 Å². The van der Waals surface area contributed by atoms with Crippen molar-refractivity contribution in [3.63, 3.8) is 0 Å². The summed E-state index contributed by atoms with van der Waals surface area (Å²) >= 11 is 0. The van der Waals surface area contributed by atoms with Gasteiger partial charge in [-0.1, -0.05) is 0 Å². The van der Waals surface area contributed by atoms with Gasteiger partial charge in [0.2, 0.25) is 0 Å². The van der Waals surface area contributed by atoms with Crippen molar-refractivity contribution in [3.8, 4) is 0 Å². The number of hydrogen-bond acceptors (Lipinski definition) is 4. The van der Waals surface area contributed by atoms with Crippen molar-refractivity contribution in [3.05, 3.63) is 0 Å². The summed E-state index contributed by atoms with van der Waals surface area (Å²) in [5.74, 6) is 0. The predicted octanol–water partition coefficient (Wildman–Crippen LogP) is 3.01. The van der Waals surface area contributed by atoms with E-state index in [0.717, 1.165) is 13.2 Å². The standard InChI is InChI=1S/C10H22N2.C8H16O2/c1-9(2)10(3,4)12(6)8-7-11(9)5;1-7(2)8(3,4)10-6-5-9-7/h7-8H2,1-6H3;5-6H2,1-4H3. The van der Waals surface area contributed by atoms with Crippen molar-refractivity contribution in [1.82, 2.24) is 9.80 Å². The number of hydrogen-bond donors (Lipinski definition) is 0. The summed E-state index contributed by atoms with van der Waals surface area (Å²) in [6, 6.07) is 0. The zero-order chi connectivity index (χ0) is 17.4. The Labute approximate surface area is 138 Å². The molecule has 0 N–H and O–H groups in total. The maximum Gasteiger partial charge on any atom is 0.0910 e. The average molecular weight is 315 g/mol. The second-order valence-corrected chi connectivity index (χ2v) is 8.68. The summed E-state index contributed by atoms with van der Waals surface area (Å²) in [6.07, 6.45) is 0. The molecule has 132 valence electrons. The fourth-order valence-electron chi connectivity index (χ4n) is 2.73. The Morgan fingerprint density at radius 1 is 0.591 bits per heavy atom. The number of ether oxygens (including phenoxy) is 2. The highest BCUT2D eigenvalue weighted by atomic mass is 16.6. The van der Waals surface area contributed by atoms with E-state index in [0.29, 0.717) is 0 Å². The molecule has 22 heavy (non-hydrogen) atoms. The fraction of sp³-hybridized carbons (Fsp3) is 1.00. The van der Waals surface area contributed by atoms with Crippen LogP contribution in [0.15, 0.2) is 0 Å². The molecule has 0 saturated carbocycles. The largest absolute Gasteiger partial charge is 0.370 e. The van der Waals surface area contributed by atoms with Crippen LogP contribution >= 0.6 is 0 Å². The highest BCUT2D eigenvalue weighted by Gasteiger charge is 2.45. The van der Waals surface area contributed by atoms with Crippen LogP contribution in [0.5, 0.6) is 0 Å². The minimum absolute atomic E-state index is 0.148. The molecule has 0 aliphatic carbocycles. The van der Waals surface area contributed by atoms with E-state index in [9.17, 15) is 0 Å². The van der Waals surface area contributed by atoms with Crippen molar-refractivity contribution in [2.75, 3.05) is 40.4 Å². The lowest BCUT2D eigenvalue weighted by molar-refractivity contribution is -0.230. The lowest BCUT2D eigenvalue weighted by atomic mass is 9.78. The van der Waals surface area contributed by atoms with E-state index in [1.165, 1.54) is 13.1 Å². The first-order valence-corrected chi connectivity index (χ1v) is 8.46. The molecule has 4 heteroatoms. The number of nitrogens with zero attached hydrogens (tertiary/aromatic N) is 2. The SMILES string of the molecule is CC1(C)OCCOC1(C)C.CN1CCN(C)C(C)(C)C1(C)C. The molecule has 0 aromatic rings. The van der Waals surface area contributed by atoms with Gasteiger partial charge in [0.25, 0.3) is 0 Å². The van der Waals surface area contributed by atoms with Gasteiger partial charge in [-0.05, 0) is 69.5 Å². The van der Waals surface area contributed by atoms with Gasteiger partial charge in [0.05, 0.1) is 24.4 Å². The summed E-state index contributed by atoms with van der Waals surface area (Å²) in [4.78, 5) is 4.90. The van der Waals surface area contributed by atoms with E-state index in [1.807, 2.05) is 0 Å². The summed E-state index contributed by atoms with van der Waals surface area (Å²) in [7, 11) is 4.43. The lowest BCUT2D eigenvalue weighted by Crippen LogP contribution is -2.68. The van der Waals surface area contributed by atoms with E-state index in [4.69, 9.17) is 9.47 Å². The first-order chi connectivity index (χ1) is 9.76. The summed E-state index contributed by atoms with van der Waals surface area (Å²) in [5.41, 5.74) is 0.233. The molecule has 2 aliphatic heterocycles. The van der Waals surface area contributed by atoms with Gasteiger partial charge >= 0.3 is 0 Å². The third kappa shape index (κ3) is 3.66. The Hall–Kier alpha value is -0.160. The van der Waals surface area contributed by atoms with Gasteiger partial charge in [-0.25, -0.2) is 0 Å². The monoisotopic (exact) mass is 314 g/mol. The second-order valence-electron chi connectivity index (χ2n) is 8.68. The van der Waals surface area contributed by atoms with Crippen LogP contribution in [0.4, 0.5) is 0 Å². The Balaban J connectivity index is 0.000000224. The third-order valence-corrected chi connectivity index (χ3v) is 6.64. The van der Waals surface area contributed by atoms with E-state index in [1.54, 1.807) is 0 Å². The summed E-state index contributed by atoms with van der Waals surface area (Å²) < 4.78 is 11.1. The van der Waals surface area contributed by atoms with Crippen LogP contribution < -0.4 is 0 Å². The predicted molar refractivity (Wildman–Crippen MR) is 93.5 cm³/mol. The molecule has 0 aromatic carbocycles. The van der Waals surface area contributed by atoms with Crippen LogP contribution in [0.2, 0.25) is 0 Å². The van der Waals surface area contributed by atoms with Crippen LogP contribution in [-0.2, 0) is 9.47 Å². The molecule has 2 aliphatic rings. The van der Waals surface area contributed by atoms with Crippen LogP contribution in [0.1, 0.15) is 55.4 Å². The van der Waals surface area contributed by atoms with Crippen molar-refractivity contribution in [2.45, 2.75) is 77.7 Å². The highest BCUT2D eigenvalue weighted by molar-refractivity contribution is 5.04. The second kappa shape index (κ2) is 6.39. The summed E-state index contributed by atoms with van der Waals surface area (Å²) in [6.45, 7) is 21.3. The topological polar surface area (TPSA) is 24.9 Å². The maximum atomic E-state index is 5.56. The summed E-state index contributed by atoms with van der Waals surface area (Å²) in [5, 5.41) is 0. The Kier molecular flexibility index (Phi) is 5.77. The molecule has 2 rings (SSSR count). The zero-order valence-corrected chi connectivity index (χ0v) is 16.5. The molecule has 0 radical (unpaired) electrons. The fourth-order valence-corrected chi connectivity index (χ4v) is 2.73. The van der Waals surface area contributed by atoms with Crippen LogP contribution in [0.25, 0.3) is 0 Å². The van der Waals surface area contributed by atoms with Crippen LogP contribution in [-0.4, -0.2) is 72.5 Å². The van der Waals surface area contributed by atoms with E-state index in [2.05, 4.69) is 79.3 Å². The molecule has 2 saturated heterocycles. The van der Waals surface area contributed by atoms with E-state index < -0.39 is 0 Å². The quantitative estimate of drug-likeness (QED) is 0.686. The smallest absolute Gasteiger partial charge is 0.0910 e.